The second-order valence-corrected chi connectivity index (χ2v) is 13.2. The minimum atomic E-state index is -0.711. The highest BCUT2D eigenvalue weighted by Gasteiger charge is 2.35. The standard InChI is InChI=1S/C37H49N7O4/c1-4-33(45)40-31(37(48)44-22-21-42(2)25-30(44)23-26-11-7-5-8-12-26)24-27-15-17-29(18-16-27)39-36(47)34(28-13-9-6-10-14-28)41-35(46)32-19-20-38-43(32)3/h5,7-8,11-12,15-20,28,30-31,34H,4,6,9-10,13-14,21-25H2,1-3H3,(H,39,47)(H,40,45)(H,41,46)/t30-,31?,34?/m0/s1. The first-order chi connectivity index (χ1) is 23.2. The first-order valence-electron chi connectivity index (χ1n) is 17.2. The fourth-order valence-corrected chi connectivity index (χ4v) is 6.91. The highest BCUT2D eigenvalue weighted by atomic mass is 16.2. The van der Waals surface area contributed by atoms with Gasteiger partial charge in [0.2, 0.25) is 17.7 Å². The monoisotopic (exact) mass is 655 g/mol. The van der Waals surface area contributed by atoms with Crippen LogP contribution in [-0.4, -0.2) is 88.0 Å². The topological polar surface area (TPSA) is 129 Å². The van der Waals surface area contributed by atoms with E-state index in [1.165, 1.54) is 10.2 Å². The number of aromatic nitrogens is 2. The number of carbonyl (C=O) groups excluding carboxylic acids is 4. The Morgan fingerprint density at radius 2 is 1.60 bits per heavy atom. The van der Waals surface area contributed by atoms with Crippen molar-refractivity contribution >= 4 is 29.3 Å². The van der Waals surface area contributed by atoms with Gasteiger partial charge in [0, 0.05) is 57.4 Å². The molecule has 3 aromatic rings. The van der Waals surface area contributed by atoms with Crippen LogP contribution in [0.15, 0.2) is 66.9 Å². The molecule has 0 spiro atoms. The third-order valence-corrected chi connectivity index (χ3v) is 9.64. The number of benzene rings is 2. The second-order valence-electron chi connectivity index (χ2n) is 13.2. The van der Waals surface area contributed by atoms with Crippen molar-refractivity contribution in [3.8, 4) is 0 Å². The zero-order valence-corrected chi connectivity index (χ0v) is 28.4. The number of piperazine rings is 1. The average Bonchev–Trinajstić information content (AvgIpc) is 3.54. The molecular weight excluding hydrogens is 606 g/mol. The summed E-state index contributed by atoms with van der Waals surface area (Å²) in [4.78, 5) is 57.5. The Balaban J connectivity index is 1.27. The molecular formula is C37H49N7O4. The maximum atomic E-state index is 14.1. The van der Waals surface area contributed by atoms with Crippen molar-refractivity contribution in [1.82, 2.24) is 30.2 Å². The van der Waals surface area contributed by atoms with Crippen LogP contribution < -0.4 is 16.0 Å². The van der Waals surface area contributed by atoms with Crippen LogP contribution >= 0.6 is 0 Å². The summed E-state index contributed by atoms with van der Waals surface area (Å²) in [5.41, 5.74) is 3.03. The summed E-state index contributed by atoms with van der Waals surface area (Å²) < 4.78 is 1.50. The number of likely N-dealkylation sites (N-methyl/N-ethyl adjacent to an activating group) is 1. The zero-order chi connectivity index (χ0) is 34.0. The highest BCUT2D eigenvalue weighted by molar-refractivity contribution is 6.00. The van der Waals surface area contributed by atoms with E-state index in [1.807, 2.05) is 47.4 Å². The third kappa shape index (κ3) is 9.09. The number of carbonyl (C=O) groups is 4. The van der Waals surface area contributed by atoms with Crippen molar-refractivity contribution in [2.45, 2.75) is 76.4 Å². The van der Waals surface area contributed by atoms with Crippen LogP contribution in [-0.2, 0) is 34.3 Å². The molecule has 11 nitrogen and oxygen atoms in total. The van der Waals surface area contributed by atoms with Gasteiger partial charge in [-0.15, -0.1) is 0 Å². The Hall–Kier alpha value is -4.51. The maximum absolute atomic E-state index is 14.1. The van der Waals surface area contributed by atoms with Crippen LogP contribution in [0, 0.1) is 5.92 Å². The van der Waals surface area contributed by atoms with Gasteiger partial charge < -0.3 is 25.8 Å². The largest absolute Gasteiger partial charge is 0.344 e. The number of hydrogen-bond donors (Lipinski definition) is 3. The van der Waals surface area contributed by atoms with Gasteiger partial charge in [-0.05, 0) is 61.6 Å². The third-order valence-electron chi connectivity index (χ3n) is 9.64. The van der Waals surface area contributed by atoms with Crippen molar-refractivity contribution in [3.05, 3.63) is 83.7 Å². The van der Waals surface area contributed by atoms with Gasteiger partial charge in [-0.2, -0.15) is 5.10 Å². The molecule has 1 aliphatic carbocycles. The van der Waals surface area contributed by atoms with Crippen LogP contribution in [0.1, 0.15) is 67.1 Å². The number of hydrogen-bond acceptors (Lipinski definition) is 6. The number of amides is 4. The zero-order valence-electron chi connectivity index (χ0n) is 28.4. The van der Waals surface area contributed by atoms with Gasteiger partial charge >= 0.3 is 0 Å². The van der Waals surface area contributed by atoms with Crippen molar-refractivity contribution in [2.24, 2.45) is 13.0 Å². The van der Waals surface area contributed by atoms with Gasteiger partial charge in [0.15, 0.2) is 0 Å². The molecule has 2 heterocycles. The van der Waals surface area contributed by atoms with E-state index in [2.05, 4.69) is 45.1 Å². The molecule has 1 aromatic heterocycles. The summed E-state index contributed by atoms with van der Waals surface area (Å²) in [6.07, 6.45) is 7.85. The molecule has 0 bridgehead atoms. The molecule has 2 fully saturated rings. The van der Waals surface area contributed by atoms with Gasteiger partial charge in [0.25, 0.3) is 5.91 Å². The predicted molar refractivity (Wildman–Crippen MR) is 185 cm³/mol. The molecule has 11 heteroatoms. The van der Waals surface area contributed by atoms with Gasteiger partial charge in [0.1, 0.15) is 17.8 Å². The first kappa shape index (κ1) is 34.8. The fourth-order valence-electron chi connectivity index (χ4n) is 6.91. The smallest absolute Gasteiger partial charge is 0.270 e. The van der Waals surface area contributed by atoms with Crippen LogP contribution in [0.4, 0.5) is 5.69 Å². The molecule has 4 amide bonds. The van der Waals surface area contributed by atoms with E-state index in [0.717, 1.165) is 57.2 Å². The molecule has 3 atom stereocenters. The minimum absolute atomic E-state index is 0.00671. The van der Waals surface area contributed by atoms with E-state index in [-0.39, 0.29) is 42.0 Å². The molecule has 0 radical (unpaired) electrons. The van der Waals surface area contributed by atoms with Crippen LogP contribution in [0.2, 0.25) is 0 Å². The molecule has 1 aliphatic heterocycles. The molecule has 2 unspecified atom stereocenters. The number of nitrogens with zero attached hydrogens (tertiary/aromatic N) is 4. The van der Waals surface area contributed by atoms with Gasteiger partial charge in [-0.1, -0.05) is 68.7 Å². The Morgan fingerprint density at radius 3 is 2.27 bits per heavy atom. The molecule has 2 aliphatic rings. The molecule has 5 rings (SSSR count). The molecule has 1 saturated carbocycles. The Bertz CT molecular complexity index is 1530. The van der Waals surface area contributed by atoms with Gasteiger partial charge in [0.05, 0.1) is 0 Å². The summed E-state index contributed by atoms with van der Waals surface area (Å²) in [6.45, 7) is 3.90. The maximum Gasteiger partial charge on any atom is 0.270 e. The summed E-state index contributed by atoms with van der Waals surface area (Å²) in [6, 6.07) is 17.8. The first-order valence-corrected chi connectivity index (χ1v) is 17.2. The lowest BCUT2D eigenvalue weighted by Gasteiger charge is -2.41. The molecule has 256 valence electrons. The predicted octanol–water partition coefficient (Wildman–Crippen LogP) is 3.56. The van der Waals surface area contributed by atoms with E-state index in [4.69, 9.17) is 0 Å². The lowest BCUT2D eigenvalue weighted by molar-refractivity contribution is -0.140. The second kappa shape index (κ2) is 16.5. The number of aryl methyl sites for hydroxylation is 1. The normalized spacial score (nSPS) is 18.5. The van der Waals surface area contributed by atoms with Crippen molar-refractivity contribution in [1.29, 1.82) is 0 Å². The lowest BCUT2D eigenvalue weighted by Crippen LogP contribution is -2.60. The SMILES string of the molecule is CCC(=O)NC(Cc1ccc(NC(=O)C(NC(=O)c2ccnn2C)C2CCCCC2)cc1)C(=O)N1CCN(C)C[C@@H]1Cc1ccccc1. The summed E-state index contributed by atoms with van der Waals surface area (Å²) in [5, 5.41) is 13.1. The average molecular weight is 656 g/mol. The summed E-state index contributed by atoms with van der Waals surface area (Å²) in [7, 11) is 3.77. The Morgan fingerprint density at radius 1 is 0.875 bits per heavy atom. The molecule has 48 heavy (non-hydrogen) atoms. The quantitative estimate of drug-likeness (QED) is 0.274. The van der Waals surface area contributed by atoms with Gasteiger partial charge in [-0.3, -0.25) is 23.9 Å². The number of nitrogens with one attached hydrogen (secondary N) is 3. The van der Waals surface area contributed by atoms with Gasteiger partial charge in [-0.25, -0.2) is 0 Å². The summed E-state index contributed by atoms with van der Waals surface area (Å²) >= 11 is 0. The number of rotatable bonds is 12. The van der Waals surface area contributed by atoms with Crippen LogP contribution in [0.25, 0.3) is 0 Å². The van der Waals surface area contributed by atoms with Crippen LogP contribution in [0.5, 0.6) is 0 Å². The molecule has 3 N–H and O–H groups in total. The number of anilines is 1. The van der Waals surface area contributed by atoms with Crippen molar-refractivity contribution < 1.29 is 19.2 Å². The Labute approximate surface area is 283 Å². The van der Waals surface area contributed by atoms with Crippen molar-refractivity contribution in [2.75, 3.05) is 32.0 Å². The summed E-state index contributed by atoms with van der Waals surface area (Å²) in [5.74, 6) is -0.791. The molecule has 2 aromatic carbocycles. The van der Waals surface area contributed by atoms with Crippen molar-refractivity contribution in [3.63, 3.8) is 0 Å². The fraction of sp³-hybridized carbons (Fsp3) is 0.486. The molecule has 1 saturated heterocycles. The van der Waals surface area contributed by atoms with E-state index < -0.39 is 12.1 Å². The van der Waals surface area contributed by atoms with E-state index >= 15 is 0 Å². The van der Waals surface area contributed by atoms with E-state index in [1.54, 1.807) is 26.2 Å². The highest BCUT2D eigenvalue weighted by Crippen LogP contribution is 2.28. The van der Waals surface area contributed by atoms with E-state index in [9.17, 15) is 19.2 Å². The van der Waals surface area contributed by atoms with E-state index in [0.29, 0.717) is 24.3 Å². The Kier molecular flexibility index (Phi) is 12.0. The van der Waals surface area contributed by atoms with Crippen LogP contribution in [0.3, 0.4) is 0 Å². The lowest BCUT2D eigenvalue weighted by atomic mass is 9.83. The minimum Gasteiger partial charge on any atom is -0.344 e.